The molecule has 1 aliphatic rings. The van der Waals surface area contributed by atoms with E-state index in [0.29, 0.717) is 39.9 Å². The quantitative estimate of drug-likeness (QED) is 0.235. The van der Waals surface area contributed by atoms with Crippen molar-refractivity contribution in [3.8, 4) is 28.7 Å². The number of carbonyl (C=O) groups is 2. The summed E-state index contributed by atoms with van der Waals surface area (Å²) in [6, 6.07) is 16.7. The number of ketones is 1. The fraction of sp³-hybridized carbons (Fsp3) is 0.120. The average Bonchev–Trinajstić information content (AvgIpc) is 3.31. The third kappa shape index (κ3) is 4.57. The summed E-state index contributed by atoms with van der Waals surface area (Å²) >= 11 is 0. The Labute approximate surface area is 184 Å². The van der Waals surface area contributed by atoms with E-state index in [9.17, 15) is 9.59 Å². The van der Waals surface area contributed by atoms with E-state index in [-0.39, 0.29) is 12.6 Å². The topological polar surface area (TPSA) is 80.3 Å². The third-order valence-corrected chi connectivity index (χ3v) is 4.80. The van der Waals surface area contributed by atoms with Crippen LogP contribution < -0.4 is 23.7 Å². The summed E-state index contributed by atoms with van der Waals surface area (Å²) < 4.78 is 26.4. The molecular formula is C25H20O7. The third-order valence-electron chi connectivity index (χ3n) is 4.80. The molecule has 0 unspecified atom stereocenters. The molecule has 0 spiro atoms. The zero-order valence-electron chi connectivity index (χ0n) is 17.5. The van der Waals surface area contributed by atoms with Crippen molar-refractivity contribution in [2.24, 2.45) is 0 Å². The van der Waals surface area contributed by atoms with Gasteiger partial charge in [0, 0.05) is 6.07 Å². The van der Waals surface area contributed by atoms with Crippen LogP contribution in [0.1, 0.15) is 26.3 Å². The molecule has 0 aliphatic carbocycles. The SMILES string of the molecule is COc1ccc(C(=O)/C=C/c2ccc(OC(=O)c3ccc4c(c3)OCO4)cc2)c(OC)c1. The number of methoxy groups -OCH3 is 2. The number of esters is 1. The number of allylic oxidation sites excluding steroid dienone is 1. The van der Waals surface area contributed by atoms with Crippen molar-refractivity contribution in [2.45, 2.75) is 0 Å². The molecule has 0 aromatic heterocycles. The second-order valence-corrected chi connectivity index (χ2v) is 6.79. The molecule has 0 bridgehead atoms. The molecule has 3 aromatic rings. The van der Waals surface area contributed by atoms with E-state index in [2.05, 4.69) is 0 Å². The highest BCUT2D eigenvalue weighted by molar-refractivity contribution is 6.08. The standard InChI is InChI=1S/C25H20O7/c1-28-19-9-10-20(23(14-19)29-2)21(26)11-5-16-3-7-18(8-4-16)32-25(27)17-6-12-22-24(13-17)31-15-30-22/h3-14H,15H2,1-2H3/b11-5+. The Bertz CT molecular complexity index is 1180. The van der Waals surface area contributed by atoms with Crippen molar-refractivity contribution in [1.29, 1.82) is 0 Å². The molecule has 1 aliphatic heterocycles. The fourth-order valence-corrected chi connectivity index (χ4v) is 3.10. The zero-order valence-corrected chi connectivity index (χ0v) is 17.5. The lowest BCUT2D eigenvalue weighted by Gasteiger charge is -2.08. The highest BCUT2D eigenvalue weighted by atomic mass is 16.7. The monoisotopic (exact) mass is 432 g/mol. The predicted octanol–water partition coefficient (Wildman–Crippen LogP) is 4.55. The van der Waals surface area contributed by atoms with Crippen LogP contribution in [0.3, 0.4) is 0 Å². The molecule has 0 radical (unpaired) electrons. The van der Waals surface area contributed by atoms with E-state index >= 15 is 0 Å². The van der Waals surface area contributed by atoms with Gasteiger partial charge in [0.15, 0.2) is 17.3 Å². The van der Waals surface area contributed by atoms with E-state index in [0.717, 1.165) is 5.56 Å². The van der Waals surface area contributed by atoms with Crippen LogP contribution in [0.2, 0.25) is 0 Å². The summed E-state index contributed by atoms with van der Waals surface area (Å²) in [7, 11) is 3.05. The van der Waals surface area contributed by atoms with Crippen LogP contribution in [0.15, 0.2) is 66.7 Å². The van der Waals surface area contributed by atoms with Crippen LogP contribution in [-0.4, -0.2) is 32.8 Å². The van der Waals surface area contributed by atoms with Crippen molar-refractivity contribution in [1.82, 2.24) is 0 Å². The summed E-state index contributed by atoms with van der Waals surface area (Å²) in [5, 5.41) is 0. The minimum absolute atomic E-state index is 0.135. The first-order valence-electron chi connectivity index (χ1n) is 9.73. The van der Waals surface area contributed by atoms with Gasteiger partial charge in [-0.25, -0.2) is 4.79 Å². The first-order valence-corrected chi connectivity index (χ1v) is 9.73. The van der Waals surface area contributed by atoms with Gasteiger partial charge in [-0.3, -0.25) is 4.79 Å². The van der Waals surface area contributed by atoms with Crippen molar-refractivity contribution < 1.29 is 33.3 Å². The maximum atomic E-state index is 12.6. The van der Waals surface area contributed by atoms with E-state index in [4.69, 9.17) is 23.7 Å². The van der Waals surface area contributed by atoms with Crippen LogP contribution in [0.5, 0.6) is 28.7 Å². The highest BCUT2D eigenvalue weighted by Crippen LogP contribution is 2.33. The van der Waals surface area contributed by atoms with Gasteiger partial charge in [0.1, 0.15) is 17.2 Å². The second-order valence-electron chi connectivity index (χ2n) is 6.79. The number of benzene rings is 3. The van der Waals surface area contributed by atoms with Gasteiger partial charge in [-0.1, -0.05) is 18.2 Å². The number of hydrogen-bond acceptors (Lipinski definition) is 7. The molecule has 1 heterocycles. The highest BCUT2D eigenvalue weighted by Gasteiger charge is 2.17. The molecule has 162 valence electrons. The van der Waals surface area contributed by atoms with Crippen molar-refractivity contribution in [3.63, 3.8) is 0 Å². The van der Waals surface area contributed by atoms with E-state index < -0.39 is 5.97 Å². The van der Waals surface area contributed by atoms with Crippen molar-refractivity contribution in [3.05, 3.63) is 83.4 Å². The van der Waals surface area contributed by atoms with Crippen LogP contribution in [0, 0.1) is 0 Å². The van der Waals surface area contributed by atoms with Crippen LogP contribution in [0.4, 0.5) is 0 Å². The molecule has 0 atom stereocenters. The molecule has 0 saturated carbocycles. The Morgan fingerprint density at radius 3 is 2.34 bits per heavy atom. The Kier molecular flexibility index (Phi) is 6.07. The molecule has 32 heavy (non-hydrogen) atoms. The molecular weight excluding hydrogens is 412 g/mol. The summed E-state index contributed by atoms with van der Waals surface area (Å²) in [5.41, 5.74) is 1.56. The maximum Gasteiger partial charge on any atom is 0.343 e. The van der Waals surface area contributed by atoms with Crippen molar-refractivity contribution in [2.75, 3.05) is 21.0 Å². The van der Waals surface area contributed by atoms with Gasteiger partial charge in [0.2, 0.25) is 6.79 Å². The van der Waals surface area contributed by atoms with Crippen molar-refractivity contribution >= 4 is 17.8 Å². The summed E-state index contributed by atoms with van der Waals surface area (Å²) in [4.78, 5) is 24.9. The second kappa shape index (κ2) is 9.26. The maximum absolute atomic E-state index is 12.6. The van der Waals surface area contributed by atoms with Gasteiger partial charge in [-0.15, -0.1) is 0 Å². The Hall–Kier alpha value is -4.26. The van der Waals surface area contributed by atoms with Gasteiger partial charge < -0.3 is 23.7 Å². The van der Waals surface area contributed by atoms with Crippen LogP contribution in [-0.2, 0) is 0 Å². The van der Waals surface area contributed by atoms with Gasteiger partial charge in [0.25, 0.3) is 0 Å². The van der Waals surface area contributed by atoms with E-state index in [1.807, 2.05) is 0 Å². The summed E-state index contributed by atoms with van der Waals surface area (Å²) in [6.45, 7) is 0.135. The first kappa shape index (κ1) is 21.0. The molecule has 7 nitrogen and oxygen atoms in total. The smallest absolute Gasteiger partial charge is 0.343 e. The lowest BCUT2D eigenvalue weighted by atomic mass is 10.1. The van der Waals surface area contributed by atoms with Crippen LogP contribution >= 0.6 is 0 Å². The normalized spacial score (nSPS) is 11.9. The molecule has 3 aromatic carbocycles. The fourth-order valence-electron chi connectivity index (χ4n) is 3.10. The van der Waals surface area contributed by atoms with E-state index in [1.54, 1.807) is 73.8 Å². The Morgan fingerprint density at radius 1 is 0.844 bits per heavy atom. The number of hydrogen-bond donors (Lipinski definition) is 0. The molecule has 0 amide bonds. The van der Waals surface area contributed by atoms with E-state index in [1.165, 1.54) is 13.2 Å². The summed E-state index contributed by atoms with van der Waals surface area (Å²) in [5.74, 6) is 1.82. The molecule has 0 saturated heterocycles. The number of rotatable bonds is 7. The largest absolute Gasteiger partial charge is 0.497 e. The van der Waals surface area contributed by atoms with Gasteiger partial charge >= 0.3 is 5.97 Å². The van der Waals surface area contributed by atoms with Gasteiger partial charge in [-0.05, 0) is 54.1 Å². The summed E-state index contributed by atoms with van der Waals surface area (Å²) in [6.07, 6.45) is 3.13. The first-order chi connectivity index (χ1) is 15.6. The molecule has 7 heteroatoms. The number of carbonyl (C=O) groups excluding carboxylic acids is 2. The minimum Gasteiger partial charge on any atom is -0.497 e. The molecule has 0 N–H and O–H groups in total. The lowest BCUT2D eigenvalue weighted by molar-refractivity contribution is 0.0734. The minimum atomic E-state index is -0.506. The lowest BCUT2D eigenvalue weighted by Crippen LogP contribution is -2.08. The Balaban J connectivity index is 1.41. The molecule has 4 rings (SSSR count). The predicted molar refractivity (Wildman–Crippen MR) is 117 cm³/mol. The molecule has 0 fully saturated rings. The van der Waals surface area contributed by atoms with Gasteiger partial charge in [0.05, 0.1) is 25.3 Å². The van der Waals surface area contributed by atoms with Crippen LogP contribution in [0.25, 0.3) is 6.08 Å². The zero-order chi connectivity index (χ0) is 22.5. The number of ether oxygens (including phenoxy) is 5. The van der Waals surface area contributed by atoms with Gasteiger partial charge in [-0.2, -0.15) is 0 Å². The Morgan fingerprint density at radius 2 is 1.59 bits per heavy atom. The number of fused-ring (bicyclic) bond motifs is 1. The average molecular weight is 432 g/mol.